The molecule has 3 aromatic rings. The zero-order valence-corrected chi connectivity index (χ0v) is 20.5. The first-order valence-electron chi connectivity index (χ1n) is 11.2. The van der Waals surface area contributed by atoms with E-state index in [0.29, 0.717) is 12.3 Å². The smallest absolute Gasteiger partial charge is 0.231 e. The van der Waals surface area contributed by atoms with Crippen LogP contribution in [0.15, 0.2) is 58.3 Å². The summed E-state index contributed by atoms with van der Waals surface area (Å²) in [4.78, 5) is 6.92. The molecule has 7 heteroatoms. The highest BCUT2D eigenvalue weighted by atomic mass is 35.5. The summed E-state index contributed by atoms with van der Waals surface area (Å²) < 4.78 is 17.2. The summed E-state index contributed by atoms with van der Waals surface area (Å²) in [6.45, 7) is 1.68. The third-order valence-electron chi connectivity index (χ3n) is 6.46. The molecule has 0 aliphatic carbocycles. The molecule has 0 fully saturated rings. The fourth-order valence-corrected chi connectivity index (χ4v) is 6.05. The lowest BCUT2D eigenvalue weighted by molar-refractivity contribution is 0.171. The van der Waals surface area contributed by atoms with Crippen molar-refractivity contribution in [2.24, 2.45) is 0 Å². The summed E-state index contributed by atoms with van der Waals surface area (Å²) in [7, 11) is 3.79. The highest BCUT2D eigenvalue weighted by Crippen LogP contribution is 2.50. The van der Waals surface area contributed by atoms with Crippen LogP contribution in [0.1, 0.15) is 17.2 Å². The Morgan fingerprint density at radius 1 is 1.12 bits per heavy atom. The molecule has 1 atom stereocenters. The molecule has 0 saturated carbocycles. The zero-order valence-electron chi connectivity index (χ0n) is 18.9. The predicted octanol–water partition coefficient (Wildman–Crippen LogP) is 5.91. The van der Waals surface area contributed by atoms with Gasteiger partial charge in [0.2, 0.25) is 12.5 Å². The molecule has 0 saturated heterocycles. The Morgan fingerprint density at radius 3 is 2.85 bits per heavy atom. The van der Waals surface area contributed by atoms with E-state index in [9.17, 15) is 0 Å². The van der Waals surface area contributed by atoms with Gasteiger partial charge in [0.1, 0.15) is 6.04 Å². The summed E-state index contributed by atoms with van der Waals surface area (Å²) in [6, 6.07) is 16.4. The van der Waals surface area contributed by atoms with E-state index in [2.05, 4.69) is 65.1 Å². The van der Waals surface area contributed by atoms with Gasteiger partial charge in [-0.15, -0.1) is 0 Å². The van der Waals surface area contributed by atoms with Gasteiger partial charge < -0.3 is 19.1 Å². The molecule has 172 valence electrons. The van der Waals surface area contributed by atoms with E-state index < -0.39 is 0 Å². The molecule has 0 unspecified atom stereocenters. The number of anilines is 2. The summed E-state index contributed by atoms with van der Waals surface area (Å²) in [5, 5.41) is 0.721. The van der Waals surface area contributed by atoms with Crippen LogP contribution in [0.4, 0.5) is 11.4 Å². The number of methoxy groups -OCH3 is 1. The van der Waals surface area contributed by atoms with Gasteiger partial charge in [-0.2, -0.15) is 0 Å². The second-order valence-electron chi connectivity index (χ2n) is 8.44. The molecule has 3 heterocycles. The van der Waals surface area contributed by atoms with Crippen molar-refractivity contribution < 1.29 is 14.2 Å². The van der Waals surface area contributed by atoms with Gasteiger partial charge >= 0.3 is 0 Å². The van der Waals surface area contributed by atoms with Crippen molar-refractivity contribution in [3.63, 3.8) is 0 Å². The SMILES string of the molecule is COc1c2c(cc3c1[C@H](C#CCN1c4ccccc4Sc4ccc(Cl)cc41)N(C)CC3)OCO2. The molecule has 0 N–H and O–H groups in total. The minimum Gasteiger partial charge on any atom is -0.492 e. The largest absolute Gasteiger partial charge is 0.492 e. The first kappa shape index (κ1) is 21.5. The van der Waals surface area contributed by atoms with Crippen molar-refractivity contribution in [2.45, 2.75) is 22.3 Å². The second-order valence-corrected chi connectivity index (χ2v) is 9.96. The molecular weight excluding hydrogens is 468 g/mol. The highest BCUT2D eigenvalue weighted by Gasteiger charge is 2.33. The standard InChI is InChI=1S/C27H23ClN2O3S/c1-29-13-11-17-14-22-26(33-16-32-22)27(31-2)25(17)20(29)7-5-12-30-19-6-3-4-8-23(19)34-24-10-9-18(28)15-21(24)30/h3-4,6,8-10,14-15,20H,11-13,16H2,1-2H3/t20-/m0/s1. The van der Waals surface area contributed by atoms with Crippen LogP contribution >= 0.6 is 23.4 Å². The second kappa shape index (κ2) is 8.66. The third kappa shape index (κ3) is 3.56. The van der Waals surface area contributed by atoms with Crippen LogP contribution in [0.5, 0.6) is 17.2 Å². The zero-order chi connectivity index (χ0) is 23.2. The van der Waals surface area contributed by atoms with Crippen LogP contribution in [0, 0.1) is 11.8 Å². The number of hydrogen-bond donors (Lipinski definition) is 0. The van der Waals surface area contributed by atoms with Gasteiger partial charge in [-0.05, 0) is 55.4 Å². The van der Waals surface area contributed by atoms with E-state index in [1.807, 2.05) is 12.1 Å². The third-order valence-corrected chi connectivity index (χ3v) is 7.82. The summed E-state index contributed by atoms with van der Waals surface area (Å²) in [5.74, 6) is 9.16. The lowest BCUT2D eigenvalue weighted by atomic mass is 9.91. The highest BCUT2D eigenvalue weighted by molar-refractivity contribution is 7.99. The number of ether oxygens (including phenoxy) is 3. The Morgan fingerprint density at radius 2 is 1.97 bits per heavy atom. The van der Waals surface area contributed by atoms with Gasteiger partial charge in [0.15, 0.2) is 11.5 Å². The minimum absolute atomic E-state index is 0.0959. The Labute approximate surface area is 208 Å². The van der Waals surface area contributed by atoms with E-state index in [1.54, 1.807) is 18.9 Å². The maximum Gasteiger partial charge on any atom is 0.231 e. The normalized spacial score (nSPS) is 17.9. The maximum absolute atomic E-state index is 6.37. The Hall–Kier alpha value is -2.98. The molecule has 0 amide bonds. The number of benzene rings is 3. The van der Waals surface area contributed by atoms with Gasteiger partial charge in [0.25, 0.3) is 0 Å². The van der Waals surface area contributed by atoms with Gasteiger partial charge in [-0.25, -0.2) is 0 Å². The van der Waals surface area contributed by atoms with Crippen molar-refractivity contribution in [1.82, 2.24) is 4.90 Å². The van der Waals surface area contributed by atoms with Crippen molar-refractivity contribution in [3.05, 3.63) is 64.7 Å². The van der Waals surface area contributed by atoms with Gasteiger partial charge in [-0.1, -0.05) is 47.3 Å². The number of fused-ring (bicyclic) bond motifs is 4. The molecule has 3 aliphatic rings. The fourth-order valence-electron chi connectivity index (χ4n) is 4.81. The molecule has 0 spiro atoms. The van der Waals surface area contributed by atoms with E-state index in [4.69, 9.17) is 25.8 Å². The van der Waals surface area contributed by atoms with Crippen LogP contribution in [0.2, 0.25) is 5.02 Å². The van der Waals surface area contributed by atoms with E-state index in [1.165, 1.54) is 15.4 Å². The molecule has 34 heavy (non-hydrogen) atoms. The quantitative estimate of drug-likeness (QED) is 0.415. The van der Waals surface area contributed by atoms with E-state index in [0.717, 1.165) is 46.4 Å². The lowest BCUT2D eigenvalue weighted by Crippen LogP contribution is -2.32. The van der Waals surface area contributed by atoms with Crippen LogP contribution < -0.4 is 19.1 Å². The molecule has 3 aromatic carbocycles. The number of rotatable bonds is 2. The Kier molecular flexibility index (Phi) is 5.49. The first-order valence-corrected chi connectivity index (χ1v) is 12.4. The van der Waals surface area contributed by atoms with Crippen molar-refractivity contribution in [2.75, 3.05) is 38.9 Å². The topological polar surface area (TPSA) is 34.2 Å². The van der Waals surface area contributed by atoms with Crippen LogP contribution in [0.25, 0.3) is 0 Å². The van der Waals surface area contributed by atoms with E-state index >= 15 is 0 Å². The molecule has 0 aromatic heterocycles. The molecule has 6 rings (SSSR count). The van der Waals surface area contributed by atoms with Crippen LogP contribution in [0.3, 0.4) is 0 Å². The van der Waals surface area contributed by atoms with Gasteiger partial charge in [-0.3, -0.25) is 4.90 Å². The maximum atomic E-state index is 6.37. The average molecular weight is 491 g/mol. The Bertz CT molecular complexity index is 1350. The summed E-state index contributed by atoms with van der Waals surface area (Å²) in [6.07, 6.45) is 0.916. The predicted molar refractivity (Wildman–Crippen MR) is 135 cm³/mol. The minimum atomic E-state index is -0.0959. The monoisotopic (exact) mass is 490 g/mol. The number of halogens is 1. The molecular formula is C27H23ClN2O3S. The number of nitrogens with zero attached hydrogens (tertiary/aromatic N) is 2. The van der Waals surface area contributed by atoms with Crippen LogP contribution in [-0.4, -0.2) is 38.9 Å². The average Bonchev–Trinajstić information content (AvgIpc) is 3.32. The van der Waals surface area contributed by atoms with Crippen molar-refractivity contribution in [3.8, 4) is 29.1 Å². The van der Waals surface area contributed by atoms with Gasteiger partial charge in [0.05, 0.1) is 25.0 Å². The number of para-hydroxylation sites is 1. The summed E-state index contributed by atoms with van der Waals surface area (Å²) >= 11 is 8.13. The van der Waals surface area contributed by atoms with Crippen LogP contribution in [-0.2, 0) is 6.42 Å². The van der Waals surface area contributed by atoms with E-state index in [-0.39, 0.29) is 12.8 Å². The van der Waals surface area contributed by atoms with Crippen molar-refractivity contribution >= 4 is 34.7 Å². The molecule has 0 radical (unpaired) electrons. The summed E-state index contributed by atoms with van der Waals surface area (Å²) in [5.41, 5.74) is 4.51. The molecule has 3 aliphatic heterocycles. The van der Waals surface area contributed by atoms with Gasteiger partial charge in [0, 0.05) is 26.9 Å². The Balaban J connectivity index is 1.38. The molecule has 0 bridgehead atoms. The number of hydrogen-bond acceptors (Lipinski definition) is 6. The molecule has 5 nitrogen and oxygen atoms in total. The fraction of sp³-hybridized carbons (Fsp3) is 0.259. The first-order chi connectivity index (χ1) is 16.6. The lowest BCUT2D eigenvalue weighted by Gasteiger charge is -2.33. The number of likely N-dealkylation sites (N-methyl/N-ethyl adjacent to an activating group) is 1. The van der Waals surface area contributed by atoms with Crippen molar-refractivity contribution in [1.29, 1.82) is 0 Å².